The fourth-order valence-corrected chi connectivity index (χ4v) is 8.01. The van der Waals surface area contributed by atoms with Crippen LogP contribution in [0.5, 0.6) is 0 Å². The van der Waals surface area contributed by atoms with Crippen molar-refractivity contribution in [2.45, 2.75) is 0 Å². The van der Waals surface area contributed by atoms with E-state index in [1.54, 1.807) is 0 Å². The van der Waals surface area contributed by atoms with Gasteiger partial charge < -0.3 is 13.4 Å². The summed E-state index contributed by atoms with van der Waals surface area (Å²) in [5, 5.41) is 6.85. The molecule has 3 heterocycles. The molecule has 0 saturated carbocycles. The second-order valence-corrected chi connectivity index (χ2v) is 13.3. The van der Waals surface area contributed by atoms with Crippen molar-refractivity contribution < 1.29 is 8.83 Å². The van der Waals surface area contributed by atoms with Gasteiger partial charge in [-0.25, -0.2) is 0 Å². The fraction of sp³-hybridized carbons (Fsp3) is 0. The number of para-hydroxylation sites is 3. The second kappa shape index (κ2) is 10.8. The minimum Gasteiger partial charge on any atom is -0.456 e. The number of hydrogen-bond donors (Lipinski definition) is 0. The Morgan fingerprint density at radius 1 is 0.314 bits per heavy atom. The molecule has 0 fully saturated rings. The molecule has 0 amide bonds. The van der Waals surface area contributed by atoms with Gasteiger partial charge in [0.1, 0.15) is 16.7 Å². The second-order valence-electron chi connectivity index (χ2n) is 13.3. The summed E-state index contributed by atoms with van der Waals surface area (Å²) in [4.78, 5) is 0. The van der Waals surface area contributed by atoms with Crippen molar-refractivity contribution in [2.24, 2.45) is 0 Å². The number of aromatic nitrogens is 1. The van der Waals surface area contributed by atoms with Gasteiger partial charge in [-0.15, -0.1) is 0 Å². The Bertz CT molecular complexity index is 3130. The molecular weight excluding hydrogens is 623 g/mol. The van der Waals surface area contributed by atoms with Crippen LogP contribution in [0.15, 0.2) is 185 Å². The van der Waals surface area contributed by atoms with Crippen LogP contribution in [0.4, 0.5) is 0 Å². The van der Waals surface area contributed by atoms with Gasteiger partial charge in [0, 0.05) is 37.9 Å². The van der Waals surface area contributed by atoms with Gasteiger partial charge in [-0.2, -0.15) is 0 Å². The van der Waals surface area contributed by atoms with Crippen LogP contribution in [-0.2, 0) is 0 Å². The lowest BCUT2D eigenvalue weighted by Gasteiger charge is -2.09. The quantitative estimate of drug-likeness (QED) is 0.190. The molecule has 0 aliphatic carbocycles. The predicted molar refractivity (Wildman–Crippen MR) is 212 cm³/mol. The summed E-state index contributed by atoms with van der Waals surface area (Å²) in [5.74, 6) is 0. The van der Waals surface area contributed by atoms with Crippen LogP contribution >= 0.6 is 0 Å². The van der Waals surface area contributed by atoms with E-state index >= 15 is 0 Å². The molecule has 11 rings (SSSR count). The largest absolute Gasteiger partial charge is 0.456 e. The van der Waals surface area contributed by atoms with Gasteiger partial charge in [-0.3, -0.25) is 0 Å². The summed E-state index contributed by atoms with van der Waals surface area (Å²) in [6, 6.07) is 62.5. The Morgan fingerprint density at radius 2 is 0.961 bits per heavy atom. The molecular formula is C48H29NO2. The number of fused-ring (bicyclic) bond motifs is 9. The van der Waals surface area contributed by atoms with Crippen LogP contribution < -0.4 is 0 Å². The molecule has 51 heavy (non-hydrogen) atoms. The molecule has 0 aliphatic heterocycles. The molecule has 0 aliphatic rings. The molecule has 0 spiro atoms. The third kappa shape index (κ3) is 4.25. The molecule has 0 bridgehead atoms. The molecule has 8 aromatic carbocycles. The van der Waals surface area contributed by atoms with Gasteiger partial charge in [0.05, 0.1) is 16.7 Å². The zero-order valence-electron chi connectivity index (χ0n) is 27.5. The van der Waals surface area contributed by atoms with E-state index in [-0.39, 0.29) is 0 Å². The van der Waals surface area contributed by atoms with Crippen molar-refractivity contribution in [3.8, 4) is 39.1 Å². The van der Waals surface area contributed by atoms with Gasteiger partial charge in [0.25, 0.3) is 0 Å². The Morgan fingerprint density at radius 3 is 1.82 bits per heavy atom. The molecule has 3 heteroatoms. The number of furan rings is 2. The highest BCUT2D eigenvalue weighted by Crippen LogP contribution is 2.44. The summed E-state index contributed by atoms with van der Waals surface area (Å²) >= 11 is 0. The Hall–Kier alpha value is -6.84. The zero-order chi connectivity index (χ0) is 33.5. The number of rotatable bonds is 4. The number of benzene rings is 8. The van der Waals surface area contributed by atoms with Crippen molar-refractivity contribution >= 4 is 65.7 Å². The third-order valence-corrected chi connectivity index (χ3v) is 10.4. The summed E-state index contributed by atoms with van der Waals surface area (Å²) < 4.78 is 15.6. The molecule has 0 unspecified atom stereocenters. The Balaban J connectivity index is 1.20. The van der Waals surface area contributed by atoms with E-state index in [1.807, 2.05) is 12.1 Å². The van der Waals surface area contributed by atoms with Crippen molar-refractivity contribution in [3.63, 3.8) is 0 Å². The van der Waals surface area contributed by atoms with Crippen molar-refractivity contribution in [3.05, 3.63) is 176 Å². The van der Waals surface area contributed by atoms with E-state index in [0.29, 0.717) is 0 Å². The zero-order valence-corrected chi connectivity index (χ0v) is 27.5. The van der Waals surface area contributed by atoms with Gasteiger partial charge in [-0.1, -0.05) is 127 Å². The van der Waals surface area contributed by atoms with E-state index in [4.69, 9.17) is 8.83 Å². The lowest BCUT2D eigenvalue weighted by molar-refractivity contribution is 0.667. The van der Waals surface area contributed by atoms with E-state index in [2.05, 4.69) is 168 Å². The summed E-state index contributed by atoms with van der Waals surface area (Å²) in [6.45, 7) is 0. The van der Waals surface area contributed by atoms with E-state index < -0.39 is 0 Å². The van der Waals surface area contributed by atoms with Crippen LogP contribution in [0.2, 0.25) is 0 Å². The van der Waals surface area contributed by atoms with Gasteiger partial charge in [0.15, 0.2) is 5.58 Å². The van der Waals surface area contributed by atoms with E-state index in [0.717, 1.165) is 82.9 Å². The monoisotopic (exact) mass is 651 g/mol. The summed E-state index contributed by atoms with van der Waals surface area (Å²) in [7, 11) is 0. The van der Waals surface area contributed by atoms with Gasteiger partial charge in [-0.05, 0) is 76.3 Å². The average Bonchev–Trinajstić information content (AvgIpc) is 3.87. The topological polar surface area (TPSA) is 31.2 Å². The SMILES string of the molecule is c1ccc(-c2ccc3c4ccccc4n(-c4cccc5c4oc4c(-c6ccccc6)cc(-c6ccc7oc8ccccc8c7c6)cc45)c3c2)cc1. The first-order valence-corrected chi connectivity index (χ1v) is 17.3. The molecule has 0 atom stereocenters. The molecule has 0 N–H and O–H groups in total. The van der Waals surface area contributed by atoms with Crippen LogP contribution in [0, 0.1) is 0 Å². The summed E-state index contributed by atoms with van der Waals surface area (Å²) in [5.41, 5.74) is 13.7. The molecule has 0 radical (unpaired) electrons. The highest BCUT2D eigenvalue weighted by atomic mass is 16.3. The first-order valence-electron chi connectivity index (χ1n) is 17.3. The van der Waals surface area contributed by atoms with Crippen molar-refractivity contribution in [1.82, 2.24) is 4.57 Å². The Kier molecular flexibility index (Phi) is 5.96. The van der Waals surface area contributed by atoms with Crippen molar-refractivity contribution in [2.75, 3.05) is 0 Å². The normalized spacial score (nSPS) is 11.9. The van der Waals surface area contributed by atoms with E-state index in [1.165, 1.54) is 21.9 Å². The van der Waals surface area contributed by atoms with Gasteiger partial charge >= 0.3 is 0 Å². The van der Waals surface area contributed by atoms with Crippen LogP contribution in [-0.4, -0.2) is 4.57 Å². The minimum absolute atomic E-state index is 0.867. The average molecular weight is 652 g/mol. The predicted octanol–water partition coefficient (Wildman–Crippen LogP) is 13.6. The lowest BCUT2D eigenvalue weighted by atomic mass is 9.95. The number of nitrogens with zero attached hydrogens (tertiary/aromatic N) is 1. The standard InChI is InChI=1S/C48H29NO2/c1-3-12-30(13-4-1)33-22-24-36-35-16-7-9-19-42(35)49(44(36)29-33)43-20-11-18-38-41-28-34(27-39(47(41)51-48(38)43)31-14-5-2-6-15-31)32-23-25-46-40(26-32)37-17-8-10-21-45(37)50-46/h1-29H. The van der Waals surface area contributed by atoms with Gasteiger partial charge in [0.2, 0.25) is 0 Å². The molecule has 238 valence electrons. The van der Waals surface area contributed by atoms with E-state index in [9.17, 15) is 0 Å². The maximum absolute atomic E-state index is 7.08. The maximum Gasteiger partial charge on any atom is 0.159 e. The molecule has 3 nitrogen and oxygen atoms in total. The minimum atomic E-state index is 0.867. The first-order chi connectivity index (χ1) is 25.3. The maximum atomic E-state index is 7.08. The lowest BCUT2D eigenvalue weighted by Crippen LogP contribution is -1.94. The van der Waals surface area contributed by atoms with Crippen LogP contribution in [0.1, 0.15) is 0 Å². The highest BCUT2D eigenvalue weighted by molar-refractivity contribution is 6.16. The number of hydrogen-bond acceptors (Lipinski definition) is 2. The Labute approximate surface area is 293 Å². The van der Waals surface area contributed by atoms with Crippen LogP contribution in [0.25, 0.3) is 105 Å². The molecule has 3 aromatic heterocycles. The smallest absolute Gasteiger partial charge is 0.159 e. The third-order valence-electron chi connectivity index (χ3n) is 10.4. The molecule has 11 aromatic rings. The highest BCUT2D eigenvalue weighted by Gasteiger charge is 2.21. The summed E-state index contributed by atoms with van der Waals surface area (Å²) in [6.07, 6.45) is 0. The fourth-order valence-electron chi connectivity index (χ4n) is 8.01. The van der Waals surface area contributed by atoms with Crippen molar-refractivity contribution in [1.29, 1.82) is 0 Å². The molecule has 0 saturated heterocycles. The first kappa shape index (κ1) is 28.0. The van der Waals surface area contributed by atoms with Crippen LogP contribution in [0.3, 0.4) is 0 Å².